The van der Waals surface area contributed by atoms with Crippen LogP contribution in [0.15, 0.2) is 64.9 Å². The summed E-state index contributed by atoms with van der Waals surface area (Å²) < 4.78 is 15.9. The molecule has 0 aliphatic heterocycles. The van der Waals surface area contributed by atoms with Crippen LogP contribution in [0.25, 0.3) is 11.1 Å². The van der Waals surface area contributed by atoms with Crippen molar-refractivity contribution in [2.24, 2.45) is 0 Å². The highest BCUT2D eigenvalue weighted by Gasteiger charge is 2.38. The smallest absolute Gasteiger partial charge is 0.232 e. The van der Waals surface area contributed by atoms with Crippen LogP contribution in [-0.2, 0) is 19.1 Å². The molecule has 1 aliphatic rings. The number of hydrogen-bond acceptors (Lipinski definition) is 6. The van der Waals surface area contributed by atoms with E-state index in [1.54, 1.807) is 55.3 Å². The number of ketones is 2. The molecule has 144 valence electrons. The highest BCUT2D eigenvalue weighted by atomic mass is 32.2. The Hall–Kier alpha value is -2.99. The van der Waals surface area contributed by atoms with Gasteiger partial charge in [0, 0.05) is 4.90 Å². The summed E-state index contributed by atoms with van der Waals surface area (Å²) in [6, 6.07) is 14.3. The third-order valence-electron chi connectivity index (χ3n) is 4.49. The number of methoxy groups -OCH3 is 3. The number of ether oxygens (including phenoxy) is 3. The lowest BCUT2D eigenvalue weighted by atomic mass is 9.86. The molecule has 6 heteroatoms. The summed E-state index contributed by atoms with van der Waals surface area (Å²) >= 11 is 1.59. The van der Waals surface area contributed by atoms with Crippen molar-refractivity contribution in [2.45, 2.75) is 4.90 Å². The number of rotatable bonds is 6. The fourth-order valence-electron chi connectivity index (χ4n) is 3.09. The number of allylic oxidation sites excluding steroid dienone is 2. The van der Waals surface area contributed by atoms with Gasteiger partial charge in [0.2, 0.25) is 11.6 Å². The first kappa shape index (κ1) is 19.8. The largest absolute Gasteiger partial charge is 0.497 e. The van der Waals surface area contributed by atoms with Crippen molar-refractivity contribution in [3.63, 3.8) is 0 Å². The maximum absolute atomic E-state index is 13.2. The Morgan fingerprint density at radius 2 is 1.07 bits per heavy atom. The zero-order valence-electron chi connectivity index (χ0n) is 16.1. The number of hydrogen-bond donors (Lipinski definition) is 0. The average Bonchev–Trinajstić information content (AvgIpc) is 2.74. The fourth-order valence-corrected chi connectivity index (χ4v) is 3.50. The number of thioether (sulfide) groups is 1. The molecule has 0 fully saturated rings. The molecule has 0 radical (unpaired) electrons. The van der Waals surface area contributed by atoms with Crippen molar-refractivity contribution >= 4 is 34.5 Å². The molecule has 0 saturated heterocycles. The van der Waals surface area contributed by atoms with Gasteiger partial charge in [0.05, 0.1) is 32.5 Å². The van der Waals surface area contributed by atoms with Crippen LogP contribution in [-0.4, -0.2) is 39.2 Å². The van der Waals surface area contributed by atoms with Crippen LogP contribution in [0.3, 0.4) is 0 Å². The van der Waals surface area contributed by atoms with E-state index < -0.39 is 5.78 Å². The average molecular weight is 396 g/mol. The lowest BCUT2D eigenvalue weighted by Crippen LogP contribution is -2.24. The van der Waals surface area contributed by atoms with Crippen LogP contribution in [0.1, 0.15) is 11.1 Å². The summed E-state index contributed by atoms with van der Waals surface area (Å²) in [5.41, 5.74) is 1.55. The molecule has 0 unspecified atom stereocenters. The maximum atomic E-state index is 13.2. The van der Waals surface area contributed by atoms with Gasteiger partial charge in [-0.05, 0) is 41.6 Å². The van der Waals surface area contributed by atoms with Gasteiger partial charge in [0.25, 0.3) is 0 Å². The Morgan fingerprint density at radius 1 is 0.643 bits per heavy atom. The lowest BCUT2D eigenvalue weighted by molar-refractivity contribution is -0.117. The van der Waals surface area contributed by atoms with Gasteiger partial charge in [0.15, 0.2) is 11.5 Å². The Morgan fingerprint density at radius 3 is 1.43 bits per heavy atom. The van der Waals surface area contributed by atoms with E-state index in [2.05, 4.69) is 0 Å². The predicted octanol–water partition coefficient (Wildman–Crippen LogP) is 3.98. The summed E-state index contributed by atoms with van der Waals surface area (Å²) in [7, 11) is 4.33. The first-order valence-electron chi connectivity index (χ1n) is 8.50. The minimum atomic E-state index is -0.395. The predicted molar refractivity (Wildman–Crippen MR) is 109 cm³/mol. The second-order valence-electron chi connectivity index (χ2n) is 5.93. The third-order valence-corrected chi connectivity index (χ3v) is 5.23. The highest BCUT2D eigenvalue weighted by Crippen LogP contribution is 2.37. The SMILES string of the molecule is COC1=C(c2ccc(OC)cc2)C(=O)C(OC)=C(c2ccc(SC)cc2)C1=O. The van der Waals surface area contributed by atoms with Gasteiger partial charge in [-0.2, -0.15) is 0 Å². The van der Waals surface area contributed by atoms with E-state index in [-0.39, 0.29) is 28.4 Å². The minimum Gasteiger partial charge on any atom is -0.497 e. The van der Waals surface area contributed by atoms with Crippen molar-refractivity contribution in [3.05, 3.63) is 71.2 Å². The van der Waals surface area contributed by atoms with Gasteiger partial charge in [-0.25, -0.2) is 0 Å². The lowest BCUT2D eigenvalue weighted by Gasteiger charge is -2.22. The first-order valence-corrected chi connectivity index (χ1v) is 9.73. The molecule has 1 aliphatic carbocycles. The van der Waals surface area contributed by atoms with E-state index in [9.17, 15) is 9.59 Å². The molecule has 28 heavy (non-hydrogen) atoms. The monoisotopic (exact) mass is 396 g/mol. The Kier molecular flexibility index (Phi) is 5.90. The van der Waals surface area contributed by atoms with Gasteiger partial charge in [-0.3, -0.25) is 9.59 Å². The molecular formula is C22H20O5S. The van der Waals surface area contributed by atoms with Gasteiger partial charge >= 0.3 is 0 Å². The summed E-state index contributed by atoms with van der Waals surface area (Å²) in [6.45, 7) is 0. The molecule has 0 bridgehead atoms. The van der Waals surface area contributed by atoms with Crippen molar-refractivity contribution in [2.75, 3.05) is 27.6 Å². The molecule has 3 rings (SSSR count). The van der Waals surface area contributed by atoms with E-state index in [0.717, 1.165) is 4.90 Å². The topological polar surface area (TPSA) is 61.8 Å². The Bertz CT molecular complexity index is 887. The van der Waals surface area contributed by atoms with Crippen LogP contribution in [0.2, 0.25) is 0 Å². The Balaban J connectivity index is 2.14. The van der Waals surface area contributed by atoms with Gasteiger partial charge in [-0.15, -0.1) is 11.8 Å². The van der Waals surface area contributed by atoms with E-state index in [0.29, 0.717) is 16.9 Å². The van der Waals surface area contributed by atoms with Gasteiger partial charge < -0.3 is 14.2 Å². The second-order valence-corrected chi connectivity index (χ2v) is 6.81. The van der Waals surface area contributed by atoms with E-state index in [1.807, 2.05) is 18.4 Å². The normalized spacial score (nSPS) is 14.4. The van der Waals surface area contributed by atoms with Crippen LogP contribution >= 0.6 is 11.8 Å². The van der Waals surface area contributed by atoms with Crippen molar-refractivity contribution < 1.29 is 23.8 Å². The van der Waals surface area contributed by atoms with E-state index in [4.69, 9.17) is 14.2 Å². The fraction of sp³-hybridized carbons (Fsp3) is 0.182. The summed E-state index contributed by atoms with van der Waals surface area (Å²) in [6.07, 6.45) is 1.97. The molecular weight excluding hydrogens is 376 g/mol. The summed E-state index contributed by atoms with van der Waals surface area (Å²) in [5.74, 6) is -0.127. The minimum absolute atomic E-state index is 0.0000834. The van der Waals surface area contributed by atoms with Gasteiger partial charge in [0.1, 0.15) is 5.75 Å². The highest BCUT2D eigenvalue weighted by molar-refractivity contribution is 7.98. The van der Waals surface area contributed by atoms with Crippen LogP contribution in [0.5, 0.6) is 5.75 Å². The molecule has 0 atom stereocenters. The molecule has 0 N–H and O–H groups in total. The zero-order valence-corrected chi connectivity index (χ0v) is 16.9. The quantitative estimate of drug-likeness (QED) is 0.544. The molecule has 0 saturated carbocycles. The van der Waals surface area contributed by atoms with Crippen LogP contribution < -0.4 is 4.74 Å². The number of Topliss-reactive ketones (excluding diaryl/α,β-unsaturated/α-hetero) is 2. The number of carbonyl (C=O) groups is 2. The molecule has 0 amide bonds. The van der Waals surface area contributed by atoms with Crippen LogP contribution in [0, 0.1) is 0 Å². The second kappa shape index (κ2) is 8.35. The molecule has 5 nitrogen and oxygen atoms in total. The molecule has 0 heterocycles. The molecule has 2 aromatic carbocycles. The summed E-state index contributed by atoms with van der Waals surface area (Å²) in [4.78, 5) is 27.5. The molecule has 0 spiro atoms. The van der Waals surface area contributed by atoms with E-state index >= 15 is 0 Å². The molecule has 0 aromatic heterocycles. The van der Waals surface area contributed by atoms with Crippen molar-refractivity contribution in [1.29, 1.82) is 0 Å². The number of carbonyl (C=O) groups excluding carboxylic acids is 2. The molecule has 2 aromatic rings. The third kappa shape index (κ3) is 3.43. The van der Waals surface area contributed by atoms with Gasteiger partial charge in [-0.1, -0.05) is 24.3 Å². The maximum Gasteiger partial charge on any atom is 0.232 e. The Labute approximate surface area is 168 Å². The number of benzene rings is 2. The first-order chi connectivity index (χ1) is 13.5. The summed E-state index contributed by atoms with van der Waals surface area (Å²) in [5, 5.41) is 0. The van der Waals surface area contributed by atoms with Crippen molar-refractivity contribution in [1.82, 2.24) is 0 Å². The van der Waals surface area contributed by atoms with Crippen molar-refractivity contribution in [3.8, 4) is 5.75 Å². The standard InChI is InChI=1S/C22H20O5S/c1-25-15-9-5-13(6-10-15)17-19(23)22(27-3)18(20(24)21(17)26-2)14-7-11-16(28-4)12-8-14/h5-12H,1-4H3. The zero-order chi connectivity index (χ0) is 20.3. The van der Waals surface area contributed by atoms with Crippen LogP contribution in [0.4, 0.5) is 0 Å². The van der Waals surface area contributed by atoms with E-state index in [1.165, 1.54) is 14.2 Å².